The van der Waals surface area contributed by atoms with Gasteiger partial charge in [0.15, 0.2) is 0 Å². The number of nitrogens with one attached hydrogen (secondary N) is 1. The number of benzene rings is 1. The highest BCUT2D eigenvalue weighted by Gasteiger charge is 2.37. The average molecular weight is 527 g/mol. The fourth-order valence-electron chi connectivity index (χ4n) is 5.10. The molecule has 0 spiro atoms. The van der Waals surface area contributed by atoms with Crippen LogP contribution in [0, 0.1) is 5.92 Å². The summed E-state index contributed by atoms with van der Waals surface area (Å²) in [6.45, 7) is 18.3. The lowest BCUT2D eigenvalue weighted by Gasteiger charge is -2.36. The summed E-state index contributed by atoms with van der Waals surface area (Å²) in [6.07, 6.45) is 0.361. The molecule has 0 aliphatic carbocycles. The molecule has 3 amide bonds. The van der Waals surface area contributed by atoms with Gasteiger partial charge in [-0.15, -0.1) is 0 Å². The van der Waals surface area contributed by atoms with E-state index in [1.165, 1.54) is 5.56 Å². The van der Waals surface area contributed by atoms with Crippen LogP contribution < -0.4 is 5.32 Å². The van der Waals surface area contributed by atoms with E-state index in [2.05, 4.69) is 55.3 Å². The molecule has 1 aromatic carbocycles. The number of allylic oxidation sites excluding steroid dienone is 1. The van der Waals surface area contributed by atoms with Crippen LogP contribution in [0.3, 0.4) is 0 Å². The molecule has 1 aromatic rings. The van der Waals surface area contributed by atoms with E-state index in [1.807, 2.05) is 20.8 Å². The van der Waals surface area contributed by atoms with Gasteiger partial charge in [-0.1, -0.05) is 45.0 Å². The Kier molecular flexibility index (Phi) is 10.5. The number of ether oxygens (including phenoxy) is 1. The maximum atomic E-state index is 13.7. The summed E-state index contributed by atoms with van der Waals surface area (Å²) in [5.74, 6) is -0.863. The van der Waals surface area contributed by atoms with Gasteiger partial charge in [0.05, 0.1) is 25.7 Å². The molecule has 38 heavy (non-hydrogen) atoms. The van der Waals surface area contributed by atoms with E-state index in [0.29, 0.717) is 50.7 Å². The van der Waals surface area contributed by atoms with Crippen LogP contribution in [0.4, 0.5) is 0 Å². The van der Waals surface area contributed by atoms with E-state index in [4.69, 9.17) is 4.74 Å². The summed E-state index contributed by atoms with van der Waals surface area (Å²) in [6, 6.07) is 8.30. The zero-order valence-corrected chi connectivity index (χ0v) is 24.1. The normalized spacial score (nSPS) is 19.1. The Morgan fingerprint density at radius 2 is 1.71 bits per heavy atom. The van der Waals surface area contributed by atoms with Crippen LogP contribution in [-0.4, -0.2) is 84.9 Å². The van der Waals surface area contributed by atoms with E-state index < -0.39 is 5.92 Å². The van der Waals surface area contributed by atoms with Crippen molar-refractivity contribution in [3.63, 3.8) is 0 Å². The molecule has 1 unspecified atom stereocenters. The van der Waals surface area contributed by atoms with E-state index in [1.54, 1.807) is 9.80 Å². The van der Waals surface area contributed by atoms with Gasteiger partial charge < -0.3 is 19.9 Å². The van der Waals surface area contributed by atoms with Gasteiger partial charge in [0.2, 0.25) is 11.8 Å². The Labute approximate surface area is 228 Å². The molecule has 0 saturated carbocycles. The fraction of sp³-hybridized carbons (Fsp3) is 0.633. The molecule has 8 nitrogen and oxygen atoms in total. The van der Waals surface area contributed by atoms with Gasteiger partial charge in [0, 0.05) is 57.0 Å². The molecule has 2 heterocycles. The third-order valence-electron chi connectivity index (χ3n) is 7.66. The lowest BCUT2D eigenvalue weighted by molar-refractivity contribution is -0.139. The van der Waals surface area contributed by atoms with Crippen molar-refractivity contribution in [2.75, 3.05) is 52.5 Å². The molecule has 1 fully saturated rings. The van der Waals surface area contributed by atoms with Crippen molar-refractivity contribution in [3.8, 4) is 0 Å². The Hall–Kier alpha value is -2.71. The number of rotatable bonds is 10. The largest absolute Gasteiger partial charge is 0.379 e. The highest BCUT2D eigenvalue weighted by molar-refractivity contribution is 5.98. The molecule has 1 N–H and O–H groups in total. The molecule has 2 aliphatic heterocycles. The molecule has 0 radical (unpaired) electrons. The number of amides is 3. The standard InChI is InChI=1S/C30H46N4O4/c1-7-33(8-2)29(37)26-19-24(20-27(35)31-13-14-32-15-17-38-18-16-32)28(36)34(22(26)3)21-23-9-11-25(12-10-23)30(4,5)6/h9-12,24H,7-8,13-21H2,1-6H3,(H,31,35). The van der Waals surface area contributed by atoms with Gasteiger partial charge in [0.25, 0.3) is 5.91 Å². The van der Waals surface area contributed by atoms with Crippen LogP contribution in [0.5, 0.6) is 0 Å². The first-order valence-corrected chi connectivity index (χ1v) is 14.0. The number of likely N-dealkylation sites (N-methyl/N-ethyl adjacent to an activating group) is 1. The van der Waals surface area contributed by atoms with Gasteiger partial charge in [0.1, 0.15) is 0 Å². The van der Waals surface area contributed by atoms with E-state index >= 15 is 0 Å². The van der Waals surface area contributed by atoms with Crippen molar-refractivity contribution in [2.45, 2.75) is 66.3 Å². The zero-order valence-electron chi connectivity index (χ0n) is 24.1. The molecule has 2 aliphatic rings. The Balaban J connectivity index is 1.76. The van der Waals surface area contributed by atoms with Crippen molar-refractivity contribution < 1.29 is 19.1 Å². The topological polar surface area (TPSA) is 82.2 Å². The molecule has 1 atom stereocenters. The van der Waals surface area contributed by atoms with E-state index in [0.717, 1.165) is 25.2 Å². The molecule has 0 bridgehead atoms. The molecular formula is C30H46N4O4. The minimum atomic E-state index is -0.564. The summed E-state index contributed by atoms with van der Waals surface area (Å²) >= 11 is 0. The highest BCUT2D eigenvalue weighted by atomic mass is 16.5. The molecular weight excluding hydrogens is 480 g/mol. The van der Waals surface area contributed by atoms with E-state index in [9.17, 15) is 14.4 Å². The lowest BCUT2D eigenvalue weighted by Crippen LogP contribution is -2.45. The number of hydrogen-bond acceptors (Lipinski definition) is 5. The van der Waals surface area contributed by atoms with Crippen LogP contribution in [0.15, 0.2) is 35.5 Å². The quantitative estimate of drug-likeness (QED) is 0.506. The summed E-state index contributed by atoms with van der Waals surface area (Å²) in [5.41, 5.74) is 3.58. The maximum Gasteiger partial charge on any atom is 0.251 e. The predicted molar refractivity (Wildman–Crippen MR) is 149 cm³/mol. The molecule has 3 rings (SSSR count). The first-order valence-electron chi connectivity index (χ1n) is 14.0. The van der Waals surface area contributed by atoms with Crippen molar-refractivity contribution >= 4 is 17.7 Å². The summed E-state index contributed by atoms with van der Waals surface area (Å²) in [5, 5.41) is 2.98. The number of nitrogens with zero attached hydrogens (tertiary/aromatic N) is 3. The third-order valence-corrected chi connectivity index (χ3v) is 7.66. The minimum Gasteiger partial charge on any atom is -0.379 e. The summed E-state index contributed by atoms with van der Waals surface area (Å²) in [7, 11) is 0. The zero-order chi connectivity index (χ0) is 27.9. The molecule has 8 heteroatoms. The van der Waals surface area contributed by atoms with Gasteiger partial charge in [-0.05, 0) is 43.7 Å². The smallest absolute Gasteiger partial charge is 0.251 e. The van der Waals surface area contributed by atoms with Crippen molar-refractivity contribution in [1.82, 2.24) is 20.0 Å². The maximum absolute atomic E-state index is 13.7. The van der Waals surface area contributed by atoms with Crippen molar-refractivity contribution in [2.24, 2.45) is 5.92 Å². The second-order valence-electron chi connectivity index (χ2n) is 11.3. The second kappa shape index (κ2) is 13.4. The monoisotopic (exact) mass is 526 g/mol. The van der Waals surface area contributed by atoms with E-state index in [-0.39, 0.29) is 36.0 Å². The highest BCUT2D eigenvalue weighted by Crippen LogP contribution is 2.32. The minimum absolute atomic E-state index is 0.0406. The van der Waals surface area contributed by atoms with Crippen LogP contribution >= 0.6 is 0 Å². The first kappa shape index (κ1) is 29.8. The molecule has 1 saturated heterocycles. The SMILES string of the molecule is CCN(CC)C(=O)C1=C(C)N(Cc2ccc(C(C)(C)C)cc2)C(=O)C(CC(=O)NCCN2CCOCC2)C1. The van der Waals surface area contributed by atoms with Crippen LogP contribution in [0.1, 0.15) is 65.5 Å². The number of morpholine rings is 1. The van der Waals surface area contributed by atoms with Gasteiger partial charge >= 0.3 is 0 Å². The van der Waals surface area contributed by atoms with Crippen molar-refractivity contribution in [3.05, 3.63) is 46.7 Å². The number of carbonyl (C=O) groups is 3. The van der Waals surface area contributed by atoms with Crippen LogP contribution in [0.25, 0.3) is 0 Å². The Morgan fingerprint density at radius 1 is 1.08 bits per heavy atom. The average Bonchev–Trinajstić information content (AvgIpc) is 2.89. The van der Waals surface area contributed by atoms with Gasteiger partial charge in [-0.3, -0.25) is 19.3 Å². The third kappa shape index (κ3) is 7.67. The molecule has 0 aromatic heterocycles. The Bertz CT molecular complexity index is 1000. The predicted octanol–water partition coefficient (Wildman–Crippen LogP) is 3.31. The first-order chi connectivity index (χ1) is 18.0. The fourth-order valence-corrected chi connectivity index (χ4v) is 5.10. The lowest BCUT2D eigenvalue weighted by atomic mass is 9.86. The summed E-state index contributed by atoms with van der Waals surface area (Å²) in [4.78, 5) is 45.7. The molecule has 210 valence electrons. The second-order valence-corrected chi connectivity index (χ2v) is 11.3. The van der Waals surface area contributed by atoms with Gasteiger partial charge in [-0.2, -0.15) is 0 Å². The van der Waals surface area contributed by atoms with Gasteiger partial charge in [-0.25, -0.2) is 0 Å². The van der Waals surface area contributed by atoms with Crippen molar-refractivity contribution in [1.29, 1.82) is 0 Å². The Morgan fingerprint density at radius 3 is 2.29 bits per heavy atom. The number of hydrogen-bond donors (Lipinski definition) is 1. The van der Waals surface area contributed by atoms with Crippen LogP contribution in [0.2, 0.25) is 0 Å². The number of carbonyl (C=O) groups excluding carboxylic acids is 3. The van der Waals surface area contributed by atoms with Crippen LogP contribution in [-0.2, 0) is 31.1 Å². The summed E-state index contributed by atoms with van der Waals surface area (Å²) < 4.78 is 5.38.